The van der Waals surface area contributed by atoms with Crippen LogP contribution in [0.25, 0.3) is 10.9 Å². The van der Waals surface area contributed by atoms with Gasteiger partial charge in [0.2, 0.25) is 0 Å². The average Bonchev–Trinajstić information content (AvgIpc) is 2.94. The number of hydrogen-bond acceptors (Lipinski definition) is 4. The van der Waals surface area contributed by atoms with Crippen LogP contribution in [0.2, 0.25) is 0 Å². The number of nitrogens with zero attached hydrogens (tertiary/aromatic N) is 3. The van der Waals surface area contributed by atoms with Gasteiger partial charge in [-0.3, -0.25) is 9.58 Å². The molecule has 1 aromatic carbocycles. The van der Waals surface area contributed by atoms with Crippen LogP contribution in [0.4, 0.5) is 0 Å². The largest absolute Gasteiger partial charge is 0.379 e. The number of fused-ring (bicyclic) bond motifs is 1. The maximum absolute atomic E-state index is 5.46. The molecule has 1 N–H and O–H groups in total. The minimum Gasteiger partial charge on any atom is -0.379 e. The molecule has 0 amide bonds. The molecule has 6 heteroatoms. The lowest BCUT2D eigenvalue weighted by molar-refractivity contribution is 0.0337. The van der Waals surface area contributed by atoms with E-state index in [9.17, 15) is 0 Å². The predicted molar refractivity (Wildman–Crippen MR) is 94.7 cm³/mol. The standard InChI is InChI=1S/C17H23BrN4O/c18-13-1-2-17-15(11-13)16(12-21-7-9-23-10-8-21)20-22(17)14-3-5-19-6-4-14/h1-2,11,14,19H,3-10,12H2. The van der Waals surface area contributed by atoms with Crippen molar-refractivity contribution in [3.05, 3.63) is 28.4 Å². The molecule has 0 bridgehead atoms. The van der Waals surface area contributed by atoms with Crippen LogP contribution in [-0.4, -0.2) is 54.1 Å². The van der Waals surface area contributed by atoms with E-state index in [1.165, 1.54) is 16.6 Å². The van der Waals surface area contributed by atoms with Crippen molar-refractivity contribution in [3.63, 3.8) is 0 Å². The maximum atomic E-state index is 5.46. The normalized spacial score (nSPS) is 21.1. The Labute approximate surface area is 145 Å². The summed E-state index contributed by atoms with van der Waals surface area (Å²) < 4.78 is 8.86. The number of ether oxygens (including phenoxy) is 1. The molecule has 4 rings (SSSR count). The molecule has 0 atom stereocenters. The summed E-state index contributed by atoms with van der Waals surface area (Å²) in [7, 11) is 0. The van der Waals surface area contributed by atoms with Crippen LogP contribution in [-0.2, 0) is 11.3 Å². The van der Waals surface area contributed by atoms with Gasteiger partial charge in [0.25, 0.3) is 0 Å². The van der Waals surface area contributed by atoms with E-state index in [0.29, 0.717) is 6.04 Å². The van der Waals surface area contributed by atoms with Crippen LogP contribution in [0, 0.1) is 0 Å². The van der Waals surface area contributed by atoms with Crippen molar-refractivity contribution in [2.75, 3.05) is 39.4 Å². The van der Waals surface area contributed by atoms with Gasteiger partial charge in [0.1, 0.15) is 0 Å². The van der Waals surface area contributed by atoms with E-state index in [4.69, 9.17) is 9.84 Å². The van der Waals surface area contributed by atoms with E-state index >= 15 is 0 Å². The van der Waals surface area contributed by atoms with Gasteiger partial charge in [0.05, 0.1) is 30.5 Å². The highest BCUT2D eigenvalue weighted by Crippen LogP contribution is 2.29. The number of piperidine rings is 1. The molecule has 2 fully saturated rings. The molecule has 2 saturated heterocycles. The van der Waals surface area contributed by atoms with Crippen molar-refractivity contribution in [1.82, 2.24) is 20.0 Å². The quantitative estimate of drug-likeness (QED) is 0.890. The zero-order valence-corrected chi connectivity index (χ0v) is 14.9. The summed E-state index contributed by atoms with van der Waals surface area (Å²) in [4.78, 5) is 2.44. The summed E-state index contributed by atoms with van der Waals surface area (Å²) in [5, 5.41) is 9.76. The Morgan fingerprint density at radius 1 is 1.22 bits per heavy atom. The summed E-state index contributed by atoms with van der Waals surface area (Å²) in [6.07, 6.45) is 2.31. The Balaban J connectivity index is 1.69. The number of rotatable bonds is 3. The van der Waals surface area contributed by atoms with Crippen LogP contribution in [0.3, 0.4) is 0 Å². The SMILES string of the molecule is Brc1ccc2c(c1)c(CN1CCOCC1)nn2C1CCNCC1. The first-order valence-corrected chi connectivity index (χ1v) is 9.28. The molecule has 1 aromatic heterocycles. The van der Waals surface area contributed by atoms with Gasteiger partial charge in [-0.05, 0) is 44.1 Å². The lowest BCUT2D eigenvalue weighted by Crippen LogP contribution is -2.35. The molecular formula is C17H23BrN4O. The molecule has 124 valence electrons. The molecule has 3 heterocycles. The molecule has 23 heavy (non-hydrogen) atoms. The van der Waals surface area contributed by atoms with Crippen LogP contribution in [0.1, 0.15) is 24.6 Å². The number of benzene rings is 1. The third-order valence-electron chi connectivity index (χ3n) is 4.88. The van der Waals surface area contributed by atoms with Crippen molar-refractivity contribution in [2.24, 2.45) is 0 Å². The van der Waals surface area contributed by atoms with Crippen LogP contribution < -0.4 is 5.32 Å². The lowest BCUT2D eigenvalue weighted by Gasteiger charge is -2.26. The van der Waals surface area contributed by atoms with Crippen molar-refractivity contribution in [3.8, 4) is 0 Å². The molecule has 5 nitrogen and oxygen atoms in total. The van der Waals surface area contributed by atoms with E-state index in [1.807, 2.05) is 0 Å². The summed E-state index contributed by atoms with van der Waals surface area (Å²) in [5.41, 5.74) is 2.46. The molecular weight excluding hydrogens is 356 g/mol. The summed E-state index contributed by atoms with van der Waals surface area (Å²) in [6.45, 7) is 6.73. The molecule has 0 aliphatic carbocycles. The van der Waals surface area contributed by atoms with Gasteiger partial charge in [-0.15, -0.1) is 0 Å². The maximum Gasteiger partial charge on any atom is 0.0844 e. The highest BCUT2D eigenvalue weighted by atomic mass is 79.9. The highest BCUT2D eigenvalue weighted by molar-refractivity contribution is 9.10. The van der Waals surface area contributed by atoms with Gasteiger partial charge >= 0.3 is 0 Å². The zero-order valence-electron chi connectivity index (χ0n) is 13.3. The first kappa shape index (κ1) is 15.6. The molecule has 2 aromatic rings. The second kappa shape index (κ2) is 6.89. The Morgan fingerprint density at radius 3 is 2.78 bits per heavy atom. The van der Waals surface area contributed by atoms with E-state index in [1.54, 1.807) is 0 Å². The fourth-order valence-electron chi connectivity index (χ4n) is 3.59. The smallest absolute Gasteiger partial charge is 0.0844 e. The predicted octanol–water partition coefficient (Wildman–Crippen LogP) is 2.56. The average molecular weight is 379 g/mol. The van der Waals surface area contributed by atoms with Gasteiger partial charge in [0, 0.05) is 29.5 Å². The van der Waals surface area contributed by atoms with Crippen LogP contribution >= 0.6 is 15.9 Å². The topological polar surface area (TPSA) is 42.3 Å². The van der Waals surface area contributed by atoms with Gasteiger partial charge in [0.15, 0.2) is 0 Å². The Kier molecular flexibility index (Phi) is 4.66. The zero-order chi connectivity index (χ0) is 15.6. The van der Waals surface area contributed by atoms with Crippen molar-refractivity contribution in [1.29, 1.82) is 0 Å². The van der Waals surface area contributed by atoms with Crippen molar-refractivity contribution >= 4 is 26.8 Å². The minimum absolute atomic E-state index is 0.512. The molecule has 0 unspecified atom stereocenters. The highest BCUT2D eigenvalue weighted by Gasteiger charge is 2.22. The van der Waals surface area contributed by atoms with Gasteiger partial charge in [-0.25, -0.2) is 0 Å². The summed E-state index contributed by atoms with van der Waals surface area (Å²) in [5.74, 6) is 0. The van der Waals surface area contributed by atoms with Crippen LogP contribution in [0.15, 0.2) is 22.7 Å². The number of aromatic nitrogens is 2. The van der Waals surface area contributed by atoms with Gasteiger partial charge in [-0.1, -0.05) is 15.9 Å². The molecule has 0 spiro atoms. The second-order valence-corrected chi connectivity index (χ2v) is 7.34. The molecule has 0 saturated carbocycles. The molecule has 2 aliphatic rings. The van der Waals surface area contributed by atoms with Gasteiger partial charge in [-0.2, -0.15) is 5.10 Å². The van der Waals surface area contributed by atoms with E-state index < -0.39 is 0 Å². The Bertz CT molecular complexity index is 675. The fourth-order valence-corrected chi connectivity index (χ4v) is 3.96. The minimum atomic E-state index is 0.512. The monoisotopic (exact) mass is 378 g/mol. The van der Waals surface area contributed by atoms with Gasteiger partial charge < -0.3 is 10.1 Å². The summed E-state index contributed by atoms with van der Waals surface area (Å²) >= 11 is 3.62. The number of halogens is 1. The van der Waals surface area contributed by atoms with Crippen molar-refractivity contribution < 1.29 is 4.74 Å². The van der Waals surface area contributed by atoms with Crippen LogP contribution in [0.5, 0.6) is 0 Å². The first-order valence-electron chi connectivity index (χ1n) is 8.49. The third kappa shape index (κ3) is 3.31. The Hall–Kier alpha value is -0.950. The molecule has 0 radical (unpaired) electrons. The van der Waals surface area contributed by atoms with E-state index in [-0.39, 0.29) is 0 Å². The summed E-state index contributed by atoms with van der Waals surface area (Å²) in [6, 6.07) is 7.06. The van der Waals surface area contributed by atoms with E-state index in [0.717, 1.165) is 63.3 Å². The number of morpholine rings is 1. The van der Waals surface area contributed by atoms with E-state index in [2.05, 4.69) is 49.0 Å². The lowest BCUT2D eigenvalue weighted by atomic mass is 10.1. The second-order valence-electron chi connectivity index (χ2n) is 6.42. The fraction of sp³-hybridized carbons (Fsp3) is 0.588. The first-order chi connectivity index (χ1) is 11.3. The van der Waals surface area contributed by atoms with Crippen molar-refractivity contribution in [2.45, 2.75) is 25.4 Å². The third-order valence-corrected chi connectivity index (χ3v) is 5.37. The number of hydrogen-bond donors (Lipinski definition) is 1. The molecule has 2 aliphatic heterocycles. The number of nitrogens with one attached hydrogen (secondary N) is 1. The Morgan fingerprint density at radius 2 is 2.00 bits per heavy atom.